The van der Waals surface area contributed by atoms with Crippen LogP contribution in [0.15, 0.2) is 24.3 Å². The van der Waals surface area contributed by atoms with E-state index in [0.29, 0.717) is 18.0 Å². The second-order valence-corrected chi connectivity index (χ2v) is 12.7. The molecule has 0 saturated carbocycles. The van der Waals surface area contributed by atoms with Gasteiger partial charge in [0.2, 0.25) is 12.7 Å². The molecule has 0 aromatic heterocycles. The molecule has 0 bridgehead atoms. The van der Waals surface area contributed by atoms with E-state index in [2.05, 4.69) is 15.4 Å². The average Bonchev–Trinajstić information content (AvgIpc) is 2.91. The van der Waals surface area contributed by atoms with Crippen molar-refractivity contribution in [2.45, 2.75) is 77.7 Å². The normalized spacial score (nSPS) is 19.7. The van der Waals surface area contributed by atoms with Crippen molar-refractivity contribution in [1.29, 1.82) is 0 Å². The molecule has 1 fully saturated rings. The van der Waals surface area contributed by atoms with Gasteiger partial charge < -0.3 is 45.7 Å². The van der Waals surface area contributed by atoms with E-state index < -0.39 is 53.7 Å². The number of amides is 3. The van der Waals surface area contributed by atoms with Crippen LogP contribution in [0, 0.1) is 11.3 Å². The first-order valence-electron chi connectivity index (χ1n) is 14.1. The first-order valence-corrected chi connectivity index (χ1v) is 14.5. The number of nitrogens with two attached hydrogens (primary N) is 1. The number of ether oxygens (including phenoxy) is 3. The number of benzene rings is 1. The number of piperidine rings is 1. The topological polar surface area (TPSA) is 190 Å². The lowest BCUT2D eigenvalue weighted by atomic mass is 9.66. The van der Waals surface area contributed by atoms with E-state index in [9.17, 15) is 29.4 Å². The van der Waals surface area contributed by atoms with Crippen LogP contribution in [0.5, 0.6) is 0 Å². The Bertz CT molecular complexity index is 1130. The number of hydrogen-bond acceptors (Lipinski definition) is 10. The number of aliphatic hydroxyl groups is 2. The van der Waals surface area contributed by atoms with Crippen molar-refractivity contribution >= 4 is 35.7 Å². The highest BCUT2D eigenvalue weighted by Crippen LogP contribution is 2.46. The Balaban J connectivity index is 1.90. The van der Waals surface area contributed by atoms with Gasteiger partial charge in [0, 0.05) is 30.1 Å². The summed E-state index contributed by atoms with van der Waals surface area (Å²) in [4.78, 5) is 51.5. The summed E-state index contributed by atoms with van der Waals surface area (Å²) in [6.45, 7) is 10.1. The summed E-state index contributed by atoms with van der Waals surface area (Å²) < 4.78 is 14.6. The molecule has 2 unspecified atom stereocenters. The third-order valence-electron chi connectivity index (χ3n) is 7.41. The van der Waals surface area contributed by atoms with Crippen LogP contribution in [0.25, 0.3) is 0 Å². The molecule has 0 radical (unpaired) electrons. The molecule has 13 nitrogen and oxygen atoms in total. The lowest BCUT2D eigenvalue weighted by molar-refractivity contribution is -0.156. The van der Waals surface area contributed by atoms with Crippen LogP contribution in [0.1, 0.15) is 59.9 Å². The lowest BCUT2D eigenvalue weighted by Crippen LogP contribution is -2.61. The molecule has 43 heavy (non-hydrogen) atoms. The Kier molecular flexibility index (Phi) is 12.6. The summed E-state index contributed by atoms with van der Waals surface area (Å²) in [5.41, 5.74) is 2.86. The summed E-state index contributed by atoms with van der Waals surface area (Å²) >= 11 is 6.03. The van der Waals surface area contributed by atoms with E-state index in [1.165, 1.54) is 13.8 Å². The van der Waals surface area contributed by atoms with E-state index in [4.69, 9.17) is 26.8 Å². The molecule has 6 N–H and O–H groups in total. The molecule has 1 aromatic rings. The van der Waals surface area contributed by atoms with Gasteiger partial charge in [-0.15, -0.1) is 0 Å². The Morgan fingerprint density at radius 1 is 1.14 bits per heavy atom. The molecule has 3 atom stereocenters. The molecule has 2 rings (SSSR count). The Hall–Kier alpha value is -3.13. The third-order valence-corrected chi connectivity index (χ3v) is 7.66. The predicted molar refractivity (Wildman–Crippen MR) is 158 cm³/mol. The monoisotopic (exact) mass is 628 g/mol. The third kappa shape index (κ3) is 10.2. The highest BCUT2D eigenvalue weighted by atomic mass is 35.5. The zero-order chi connectivity index (χ0) is 32.6. The smallest absolute Gasteiger partial charge is 0.428 e. The van der Waals surface area contributed by atoms with Gasteiger partial charge in [0.1, 0.15) is 11.6 Å². The van der Waals surface area contributed by atoms with Crippen molar-refractivity contribution in [2.75, 3.05) is 33.0 Å². The maximum Gasteiger partial charge on any atom is 0.511 e. The zero-order valence-corrected chi connectivity index (χ0v) is 26.4. The van der Waals surface area contributed by atoms with E-state index in [1.54, 1.807) is 29.2 Å². The van der Waals surface area contributed by atoms with Crippen molar-refractivity contribution in [2.24, 2.45) is 17.1 Å². The second kappa shape index (κ2) is 15.0. The molecule has 1 aliphatic rings. The summed E-state index contributed by atoms with van der Waals surface area (Å²) in [6.07, 6.45) is -2.24. The average molecular weight is 629 g/mol. The van der Waals surface area contributed by atoms with Gasteiger partial charge in [-0.1, -0.05) is 51.4 Å². The molecular weight excluding hydrogens is 584 g/mol. The number of carbonyl (C=O) groups is 4. The summed E-state index contributed by atoms with van der Waals surface area (Å²) in [6, 6.07) is 5.55. The number of hydrogen-bond donors (Lipinski definition) is 5. The largest absolute Gasteiger partial charge is 0.511 e. The van der Waals surface area contributed by atoms with E-state index in [-0.39, 0.29) is 37.9 Å². The van der Waals surface area contributed by atoms with E-state index >= 15 is 0 Å². The standard InChI is InChI=1S/C29H45ClN4O9/c1-18(2)23(24(37)34-12-11-29(40,27(3,4)16-34)19-7-9-20(30)10-8-19)33-25(38)32-15-28(5,6)43-26(39)42-17-41-22(36)13-21(35)14-31/h7-10,18,21,23,35,40H,11-17,31H2,1-6H3,(H2,32,33,38)/t21?,23?,29-/m0/s1. The molecule has 0 spiro atoms. The van der Waals surface area contributed by atoms with Crippen LogP contribution >= 0.6 is 11.6 Å². The number of likely N-dealkylation sites (tertiary alicyclic amines) is 1. The van der Waals surface area contributed by atoms with Gasteiger partial charge in [0.05, 0.1) is 24.7 Å². The predicted octanol–water partition coefficient (Wildman–Crippen LogP) is 2.25. The molecule has 1 heterocycles. The molecule has 1 saturated heterocycles. The molecule has 14 heteroatoms. The van der Waals surface area contributed by atoms with E-state index in [0.717, 1.165) is 5.56 Å². The first-order chi connectivity index (χ1) is 19.9. The lowest BCUT2D eigenvalue weighted by Gasteiger charge is -2.51. The highest BCUT2D eigenvalue weighted by Gasteiger charge is 2.50. The minimum atomic E-state index is -1.21. The van der Waals surface area contributed by atoms with Gasteiger partial charge in [0.25, 0.3) is 0 Å². The van der Waals surface area contributed by atoms with Gasteiger partial charge in [-0.2, -0.15) is 0 Å². The van der Waals surface area contributed by atoms with Crippen LogP contribution < -0.4 is 16.4 Å². The fourth-order valence-corrected chi connectivity index (χ4v) is 4.86. The summed E-state index contributed by atoms with van der Waals surface area (Å²) in [7, 11) is 0. The van der Waals surface area contributed by atoms with Crippen molar-refractivity contribution < 1.29 is 43.6 Å². The van der Waals surface area contributed by atoms with Crippen LogP contribution in [0.4, 0.5) is 9.59 Å². The molecule has 3 amide bonds. The van der Waals surface area contributed by atoms with E-state index in [1.807, 2.05) is 27.7 Å². The van der Waals surface area contributed by atoms with Gasteiger partial charge in [-0.25, -0.2) is 9.59 Å². The number of rotatable bonds is 12. The maximum atomic E-state index is 13.6. The Labute approximate surface area is 257 Å². The zero-order valence-electron chi connectivity index (χ0n) is 25.6. The van der Waals surface area contributed by atoms with Crippen LogP contribution in [0.3, 0.4) is 0 Å². The number of carbonyl (C=O) groups excluding carboxylic acids is 4. The first kappa shape index (κ1) is 36.1. The fourth-order valence-electron chi connectivity index (χ4n) is 4.74. The van der Waals surface area contributed by atoms with Gasteiger partial charge in [-0.3, -0.25) is 9.59 Å². The highest BCUT2D eigenvalue weighted by molar-refractivity contribution is 6.30. The quantitative estimate of drug-likeness (QED) is 0.169. The number of nitrogens with one attached hydrogen (secondary N) is 2. The Morgan fingerprint density at radius 2 is 1.77 bits per heavy atom. The number of aliphatic hydroxyl groups excluding tert-OH is 1. The molecule has 1 aliphatic heterocycles. The molecule has 242 valence electrons. The Morgan fingerprint density at radius 3 is 2.33 bits per heavy atom. The minimum absolute atomic E-state index is 0.120. The maximum absolute atomic E-state index is 13.6. The SMILES string of the molecule is CC(C)C(NC(=O)NCC(C)(C)OC(=O)OCOC(=O)CC(O)CN)C(=O)N1CC[C@](O)(c2ccc(Cl)cc2)C(C)(C)C1. The van der Waals surface area contributed by atoms with Gasteiger partial charge in [0.15, 0.2) is 0 Å². The number of halogens is 1. The van der Waals surface area contributed by atoms with Crippen molar-refractivity contribution in [3.8, 4) is 0 Å². The number of nitrogens with zero attached hydrogens (tertiary/aromatic N) is 1. The number of urea groups is 1. The van der Waals surface area contributed by atoms with Crippen LogP contribution in [-0.2, 0) is 29.4 Å². The van der Waals surface area contributed by atoms with Gasteiger partial charge in [-0.05, 0) is 43.9 Å². The summed E-state index contributed by atoms with van der Waals surface area (Å²) in [5, 5.41) is 26.8. The molecular formula is C29H45ClN4O9. The second-order valence-electron chi connectivity index (χ2n) is 12.3. The van der Waals surface area contributed by atoms with Crippen molar-refractivity contribution in [3.63, 3.8) is 0 Å². The molecule has 0 aliphatic carbocycles. The van der Waals surface area contributed by atoms with Gasteiger partial charge >= 0.3 is 18.2 Å². The van der Waals surface area contributed by atoms with Crippen LogP contribution in [0.2, 0.25) is 5.02 Å². The van der Waals surface area contributed by atoms with Crippen molar-refractivity contribution in [3.05, 3.63) is 34.9 Å². The fraction of sp³-hybridized carbons (Fsp3) is 0.655. The minimum Gasteiger partial charge on any atom is -0.428 e. The molecule has 1 aromatic carbocycles. The summed E-state index contributed by atoms with van der Waals surface area (Å²) in [5.74, 6) is -1.32. The van der Waals surface area contributed by atoms with Crippen molar-refractivity contribution in [1.82, 2.24) is 15.5 Å². The van der Waals surface area contributed by atoms with Crippen LogP contribution in [-0.4, -0.2) is 89.9 Å². The number of esters is 1.